The van der Waals surface area contributed by atoms with Crippen LogP contribution in [0.15, 0.2) is 28.7 Å². The van der Waals surface area contributed by atoms with Crippen LogP contribution in [0.1, 0.15) is 5.56 Å². The van der Waals surface area contributed by atoms with Crippen LogP contribution < -0.4 is 11.1 Å². The number of nitrogen functional groups attached to an aromatic ring is 1. The first-order chi connectivity index (χ1) is 7.74. The van der Waals surface area contributed by atoms with Crippen LogP contribution >= 0.6 is 0 Å². The number of aromatic nitrogens is 2. The van der Waals surface area contributed by atoms with Gasteiger partial charge in [-0.2, -0.15) is 0 Å². The zero-order chi connectivity index (χ0) is 11.4. The number of nitrogens with one attached hydrogen (secondary N) is 1. The molecule has 0 aliphatic rings. The minimum absolute atomic E-state index is 0.0317. The van der Waals surface area contributed by atoms with Crippen LogP contribution in [0.25, 0.3) is 0 Å². The molecule has 0 amide bonds. The Morgan fingerprint density at radius 1 is 1.25 bits per heavy atom. The lowest BCUT2D eigenvalue weighted by atomic mass is 10.1. The Morgan fingerprint density at radius 3 is 2.62 bits per heavy atom. The molecule has 0 aliphatic heterocycles. The molecule has 1 heterocycles. The zero-order valence-electron chi connectivity index (χ0n) is 8.48. The van der Waals surface area contributed by atoms with Gasteiger partial charge in [0.25, 0.3) is 0 Å². The van der Waals surface area contributed by atoms with E-state index < -0.39 is 0 Å². The maximum atomic E-state index is 12.6. The fourth-order valence-electron chi connectivity index (χ4n) is 1.27. The van der Waals surface area contributed by atoms with Gasteiger partial charge in [-0.25, -0.2) is 4.39 Å². The summed E-state index contributed by atoms with van der Waals surface area (Å²) in [4.78, 5) is 0. The monoisotopic (exact) mass is 222 g/mol. The average Bonchev–Trinajstić information content (AvgIpc) is 2.67. The van der Waals surface area contributed by atoms with Crippen molar-refractivity contribution in [1.29, 1.82) is 0 Å². The number of nitrogens with two attached hydrogens (primary N) is 1. The Labute approximate surface area is 91.5 Å². The van der Waals surface area contributed by atoms with Crippen molar-refractivity contribution in [3.05, 3.63) is 35.6 Å². The smallest absolute Gasteiger partial charge is 0.316 e. The van der Waals surface area contributed by atoms with Gasteiger partial charge in [-0.05, 0) is 24.1 Å². The first kappa shape index (κ1) is 10.4. The largest absolute Gasteiger partial charge is 0.390 e. The second-order valence-corrected chi connectivity index (χ2v) is 3.25. The number of benzene rings is 1. The fraction of sp³-hybridized carbons (Fsp3) is 0.200. The lowest BCUT2D eigenvalue weighted by Gasteiger charge is -2.01. The summed E-state index contributed by atoms with van der Waals surface area (Å²) < 4.78 is 17.5. The molecule has 0 saturated carbocycles. The highest BCUT2D eigenvalue weighted by molar-refractivity contribution is 5.24. The number of anilines is 2. The van der Waals surface area contributed by atoms with E-state index in [0.717, 1.165) is 12.0 Å². The van der Waals surface area contributed by atoms with Gasteiger partial charge in [-0.15, -0.1) is 0 Å². The van der Waals surface area contributed by atoms with E-state index in [1.54, 1.807) is 12.1 Å². The first-order valence-electron chi connectivity index (χ1n) is 4.81. The van der Waals surface area contributed by atoms with Crippen molar-refractivity contribution in [3.63, 3.8) is 0 Å². The van der Waals surface area contributed by atoms with E-state index in [2.05, 4.69) is 15.5 Å². The van der Waals surface area contributed by atoms with Gasteiger partial charge in [0.15, 0.2) is 0 Å². The van der Waals surface area contributed by atoms with Crippen molar-refractivity contribution < 1.29 is 8.81 Å². The number of hydrogen-bond acceptors (Lipinski definition) is 5. The molecular formula is C10H11FN4O. The highest BCUT2D eigenvalue weighted by Gasteiger charge is 2.01. The molecule has 1 aromatic heterocycles. The van der Waals surface area contributed by atoms with Crippen LogP contribution in [0.3, 0.4) is 0 Å². The van der Waals surface area contributed by atoms with Crippen LogP contribution in [0.5, 0.6) is 0 Å². The molecule has 2 rings (SSSR count). The summed E-state index contributed by atoms with van der Waals surface area (Å²) in [5, 5.41) is 10.1. The summed E-state index contributed by atoms with van der Waals surface area (Å²) in [6.07, 6.45) is 0.739. The Balaban J connectivity index is 1.82. The van der Waals surface area contributed by atoms with Crippen LogP contribution in [0, 0.1) is 5.82 Å². The van der Waals surface area contributed by atoms with Gasteiger partial charge in [-0.3, -0.25) is 0 Å². The van der Waals surface area contributed by atoms with E-state index in [4.69, 9.17) is 10.2 Å². The van der Waals surface area contributed by atoms with Crippen LogP contribution in [0.4, 0.5) is 16.4 Å². The van der Waals surface area contributed by atoms with Gasteiger partial charge < -0.3 is 15.5 Å². The third kappa shape index (κ3) is 2.69. The highest BCUT2D eigenvalue weighted by atomic mass is 19.1. The summed E-state index contributed by atoms with van der Waals surface area (Å²) in [6.45, 7) is 0.618. The van der Waals surface area contributed by atoms with Crippen molar-refractivity contribution in [1.82, 2.24) is 10.2 Å². The molecule has 0 aliphatic carbocycles. The minimum Gasteiger partial charge on any atom is -0.390 e. The van der Waals surface area contributed by atoms with Crippen LogP contribution in [-0.2, 0) is 6.42 Å². The zero-order valence-corrected chi connectivity index (χ0v) is 8.48. The lowest BCUT2D eigenvalue weighted by Crippen LogP contribution is -2.05. The van der Waals surface area contributed by atoms with Gasteiger partial charge in [-0.1, -0.05) is 22.3 Å². The Kier molecular flexibility index (Phi) is 3.00. The van der Waals surface area contributed by atoms with Crippen molar-refractivity contribution in [2.75, 3.05) is 17.6 Å². The van der Waals surface area contributed by atoms with E-state index >= 15 is 0 Å². The summed E-state index contributed by atoms with van der Waals surface area (Å²) in [6, 6.07) is 6.65. The molecule has 0 atom stereocenters. The average molecular weight is 222 g/mol. The van der Waals surface area contributed by atoms with E-state index in [1.165, 1.54) is 12.1 Å². The fourth-order valence-corrected chi connectivity index (χ4v) is 1.27. The lowest BCUT2D eigenvalue weighted by molar-refractivity contribution is 0.586. The summed E-state index contributed by atoms with van der Waals surface area (Å²) in [5.41, 5.74) is 6.29. The van der Waals surface area contributed by atoms with Gasteiger partial charge in [0.2, 0.25) is 0 Å². The molecule has 6 heteroatoms. The number of hydrogen-bond donors (Lipinski definition) is 2. The topological polar surface area (TPSA) is 77.0 Å². The predicted molar refractivity (Wildman–Crippen MR) is 57.3 cm³/mol. The molecule has 2 aromatic rings. The minimum atomic E-state index is -0.235. The standard InChI is InChI=1S/C10H11FN4O/c11-8-3-1-7(2-4-8)5-6-13-10-15-14-9(12)16-10/h1-4H,5-6H2,(H2,12,14)(H,13,15). The number of nitrogens with zero attached hydrogens (tertiary/aromatic N) is 2. The second kappa shape index (κ2) is 4.61. The van der Waals surface area contributed by atoms with E-state index in [-0.39, 0.29) is 11.8 Å². The van der Waals surface area contributed by atoms with Crippen LogP contribution in [-0.4, -0.2) is 16.7 Å². The third-order valence-corrected chi connectivity index (χ3v) is 2.04. The van der Waals surface area contributed by atoms with Gasteiger partial charge in [0.05, 0.1) is 0 Å². The molecule has 84 valence electrons. The van der Waals surface area contributed by atoms with Gasteiger partial charge >= 0.3 is 12.0 Å². The predicted octanol–water partition coefficient (Wildman–Crippen LogP) is 1.45. The summed E-state index contributed by atoms with van der Waals surface area (Å²) in [7, 11) is 0. The van der Waals surface area contributed by atoms with Crippen molar-refractivity contribution in [2.45, 2.75) is 6.42 Å². The second-order valence-electron chi connectivity index (χ2n) is 3.25. The van der Waals surface area contributed by atoms with Crippen LogP contribution in [0.2, 0.25) is 0 Å². The highest BCUT2D eigenvalue weighted by Crippen LogP contribution is 2.07. The Bertz CT molecular complexity index is 454. The molecule has 0 bridgehead atoms. The SMILES string of the molecule is Nc1nnc(NCCc2ccc(F)cc2)o1. The molecule has 0 spiro atoms. The van der Waals surface area contributed by atoms with Crippen molar-refractivity contribution in [3.8, 4) is 0 Å². The summed E-state index contributed by atoms with van der Waals surface area (Å²) >= 11 is 0. The number of halogens is 1. The molecule has 0 fully saturated rings. The van der Waals surface area contributed by atoms with E-state index in [1.807, 2.05) is 0 Å². The Morgan fingerprint density at radius 2 is 2.00 bits per heavy atom. The molecule has 0 unspecified atom stereocenters. The third-order valence-electron chi connectivity index (χ3n) is 2.04. The molecule has 3 N–H and O–H groups in total. The molecule has 5 nitrogen and oxygen atoms in total. The molecule has 0 radical (unpaired) electrons. The van der Waals surface area contributed by atoms with E-state index in [0.29, 0.717) is 12.6 Å². The van der Waals surface area contributed by atoms with Gasteiger partial charge in [0.1, 0.15) is 5.82 Å². The quantitative estimate of drug-likeness (QED) is 0.818. The van der Waals surface area contributed by atoms with E-state index in [9.17, 15) is 4.39 Å². The normalized spacial score (nSPS) is 10.3. The maximum Gasteiger partial charge on any atom is 0.316 e. The van der Waals surface area contributed by atoms with Crippen molar-refractivity contribution >= 4 is 12.0 Å². The van der Waals surface area contributed by atoms with Gasteiger partial charge in [0, 0.05) is 6.54 Å². The maximum absolute atomic E-state index is 12.6. The summed E-state index contributed by atoms with van der Waals surface area (Å²) in [5.74, 6) is -0.235. The molecule has 0 saturated heterocycles. The Hall–Kier alpha value is -2.11. The molecule has 1 aromatic carbocycles. The molecular weight excluding hydrogens is 211 g/mol. The molecule has 16 heavy (non-hydrogen) atoms. The number of rotatable bonds is 4. The first-order valence-corrected chi connectivity index (χ1v) is 4.81. The van der Waals surface area contributed by atoms with Crippen molar-refractivity contribution in [2.24, 2.45) is 0 Å².